The summed E-state index contributed by atoms with van der Waals surface area (Å²) in [6.45, 7) is 1.40. The zero-order valence-corrected chi connectivity index (χ0v) is 10.0. The number of carbonyl (C=O) groups excluding carboxylic acids is 1. The molecule has 0 saturated heterocycles. The lowest BCUT2D eigenvalue weighted by Crippen LogP contribution is -2.38. The summed E-state index contributed by atoms with van der Waals surface area (Å²) in [7, 11) is 0. The zero-order valence-electron chi connectivity index (χ0n) is 8.41. The van der Waals surface area contributed by atoms with E-state index in [1.807, 2.05) is 0 Å². The molecule has 1 rings (SSSR count). The molecule has 1 heterocycles. The minimum absolute atomic E-state index is 0. The SMILES string of the molecule is CC(NC(=O)c1cccnc1)C(=O)O.Cl.Cl. The Labute approximate surface area is 105 Å². The summed E-state index contributed by atoms with van der Waals surface area (Å²) in [6.07, 6.45) is 2.92. The molecule has 16 heavy (non-hydrogen) atoms. The van der Waals surface area contributed by atoms with Gasteiger partial charge in [-0.15, -0.1) is 24.8 Å². The van der Waals surface area contributed by atoms with Crippen molar-refractivity contribution in [3.63, 3.8) is 0 Å². The molecule has 1 unspecified atom stereocenters. The molecule has 1 aromatic heterocycles. The highest BCUT2D eigenvalue weighted by atomic mass is 35.5. The van der Waals surface area contributed by atoms with Crippen LogP contribution in [0.2, 0.25) is 0 Å². The number of rotatable bonds is 3. The van der Waals surface area contributed by atoms with Crippen molar-refractivity contribution in [3.8, 4) is 0 Å². The van der Waals surface area contributed by atoms with Crippen molar-refractivity contribution in [3.05, 3.63) is 30.1 Å². The summed E-state index contributed by atoms with van der Waals surface area (Å²) in [5.74, 6) is -1.50. The van der Waals surface area contributed by atoms with Crippen LogP contribution < -0.4 is 5.32 Å². The maximum atomic E-state index is 11.3. The van der Waals surface area contributed by atoms with Crippen molar-refractivity contribution < 1.29 is 14.7 Å². The second-order valence-corrected chi connectivity index (χ2v) is 2.78. The average molecular weight is 267 g/mol. The number of hydrogen-bond donors (Lipinski definition) is 2. The second kappa shape index (κ2) is 7.90. The van der Waals surface area contributed by atoms with Gasteiger partial charge in [0.25, 0.3) is 5.91 Å². The molecule has 0 aliphatic carbocycles. The van der Waals surface area contributed by atoms with Gasteiger partial charge >= 0.3 is 5.97 Å². The number of pyridine rings is 1. The van der Waals surface area contributed by atoms with Gasteiger partial charge in [0.2, 0.25) is 0 Å². The van der Waals surface area contributed by atoms with E-state index >= 15 is 0 Å². The summed E-state index contributed by atoms with van der Waals surface area (Å²) in [5.41, 5.74) is 0.348. The van der Waals surface area contributed by atoms with Gasteiger partial charge in [-0.1, -0.05) is 0 Å². The fourth-order valence-electron chi connectivity index (χ4n) is 0.839. The molecule has 1 amide bonds. The number of hydrogen-bond acceptors (Lipinski definition) is 3. The number of halogens is 2. The van der Waals surface area contributed by atoms with Crippen LogP contribution in [0, 0.1) is 0 Å². The van der Waals surface area contributed by atoms with Gasteiger partial charge in [0, 0.05) is 12.4 Å². The number of nitrogens with zero attached hydrogens (tertiary/aromatic N) is 1. The van der Waals surface area contributed by atoms with E-state index in [1.165, 1.54) is 19.3 Å². The van der Waals surface area contributed by atoms with Crippen LogP contribution in [0.4, 0.5) is 0 Å². The molecule has 0 aliphatic heterocycles. The first-order valence-electron chi connectivity index (χ1n) is 4.05. The van der Waals surface area contributed by atoms with E-state index in [0.717, 1.165) is 0 Å². The number of carboxylic acids is 1. The molecular formula is C9H12Cl2N2O3. The highest BCUT2D eigenvalue weighted by Gasteiger charge is 2.14. The van der Waals surface area contributed by atoms with Crippen molar-refractivity contribution in [2.24, 2.45) is 0 Å². The zero-order chi connectivity index (χ0) is 10.6. The Kier molecular flexibility index (Phi) is 8.43. The lowest BCUT2D eigenvalue weighted by Gasteiger charge is -2.08. The van der Waals surface area contributed by atoms with Crippen molar-refractivity contribution >= 4 is 36.7 Å². The number of amides is 1. The van der Waals surface area contributed by atoms with Crippen LogP contribution in [0.15, 0.2) is 24.5 Å². The van der Waals surface area contributed by atoms with Crippen LogP contribution in [0.3, 0.4) is 0 Å². The predicted molar refractivity (Wildman–Crippen MR) is 63.3 cm³/mol. The second-order valence-electron chi connectivity index (χ2n) is 2.78. The van der Waals surface area contributed by atoms with Crippen molar-refractivity contribution in [1.82, 2.24) is 10.3 Å². The minimum Gasteiger partial charge on any atom is -0.480 e. The van der Waals surface area contributed by atoms with E-state index in [1.54, 1.807) is 12.1 Å². The summed E-state index contributed by atoms with van der Waals surface area (Å²) in [6, 6.07) is 2.28. The molecule has 0 fully saturated rings. The molecule has 0 saturated carbocycles. The first-order valence-corrected chi connectivity index (χ1v) is 4.05. The molecular weight excluding hydrogens is 255 g/mol. The van der Waals surface area contributed by atoms with E-state index in [-0.39, 0.29) is 24.8 Å². The number of carboxylic acid groups (broad SMARTS) is 1. The van der Waals surface area contributed by atoms with E-state index < -0.39 is 17.9 Å². The largest absolute Gasteiger partial charge is 0.480 e. The van der Waals surface area contributed by atoms with Gasteiger partial charge in [0.05, 0.1) is 5.56 Å². The molecule has 0 bridgehead atoms. The lowest BCUT2D eigenvalue weighted by atomic mass is 10.2. The van der Waals surface area contributed by atoms with Crippen molar-refractivity contribution in [2.45, 2.75) is 13.0 Å². The van der Waals surface area contributed by atoms with Gasteiger partial charge in [0.15, 0.2) is 0 Å². The summed E-state index contributed by atoms with van der Waals surface area (Å²) in [4.78, 5) is 25.5. The topological polar surface area (TPSA) is 79.3 Å². The fourth-order valence-corrected chi connectivity index (χ4v) is 0.839. The minimum atomic E-state index is -1.07. The normalized spacial score (nSPS) is 10.3. The Hall–Kier alpha value is -1.33. The molecule has 2 N–H and O–H groups in total. The quantitative estimate of drug-likeness (QED) is 0.860. The molecule has 0 aliphatic rings. The Bertz CT molecular complexity index is 346. The van der Waals surface area contributed by atoms with E-state index in [9.17, 15) is 9.59 Å². The predicted octanol–water partition coefficient (Wildman–Crippen LogP) is 1.13. The third-order valence-corrected chi connectivity index (χ3v) is 1.64. The fraction of sp³-hybridized carbons (Fsp3) is 0.222. The first kappa shape index (κ1) is 17.1. The molecule has 1 atom stereocenters. The summed E-state index contributed by atoms with van der Waals surface area (Å²) < 4.78 is 0. The van der Waals surface area contributed by atoms with Crippen LogP contribution >= 0.6 is 24.8 Å². The maximum Gasteiger partial charge on any atom is 0.325 e. The third-order valence-electron chi connectivity index (χ3n) is 1.64. The number of nitrogens with one attached hydrogen (secondary N) is 1. The lowest BCUT2D eigenvalue weighted by molar-refractivity contribution is -0.138. The molecule has 90 valence electrons. The number of aliphatic carboxylic acids is 1. The molecule has 7 heteroatoms. The Morgan fingerprint density at radius 3 is 2.50 bits per heavy atom. The van der Waals surface area contributed by atoms with E-state index in [4.69, 9.17) is 5.11 Å². The maximum absolute atomic E-state index is 11.3. The van der Waals surface area contributed by atoms with Crippen molar-refractivity contribution in [2.75, 3.05) is 0 Å². The Morgan fingerprint density at radius 2 is 2.06 bits per heavy atom. The van der Waals surface area contributed by atoms with Gasteiger partial charge in [-0.25, -0.2) is 0 Å². The summed E-state index contributed by atoms with van der Waals surface area (Å²) >= 11 is 0. The van der Waals surface area contributed by atoms with Crippen molar-refractivity contribution in [1.29, 1.82) is 0 Å². The molecule has 0 spiro atoms. The molecule has 1 aromatic rings. The van der Waals surface area contributed by atoms with Crippen LogP contribution in [0.5, 0.6) is 0 Å². The Morgan fingerprint density at radius 1 is 1.44 bits per heavy atom. The van der Waals surface area contributed by atoms with Crippen LogP contribution in [0.25, 0.3) is 0 Å². The van der Waals surface area contributed by atoms with Crippen LogP contribution in [0.1, 0.15) is 17.3 Å². The standard InChI is InChI=1S/C9H10N2O3.2ClH/c1-6(9(13)14)11-8(12)7-3-2-4-10-5-7;;/h2-6H,1H3,(H,11,12)(H,13,14);2*1H. The Balaban J connectivity index is 0. The van der Waals surface area contributed by atoms with Crippen LogP contribution in [-0.4, -0.2) is 28.0 Å². The van der Waals surface area contributed by atoms with Gasteiger partial charge in [-0.3, -0.25) is 14.6 Å². The molecule has 5 nitrogen and oxygen atoms in total. The number of aromatic nitrogens is 1. The monoisotopic (exact) mass is 266 g/mol. The first-order chi connectivity index (χ1) is 6.61. The highest BCUT2D eigenvalue weighted by molar-refractivity contribution is 5.96. The third kappa shape index (κ3) is 4.95. The highest BCUT2D eigenvalue weighted by Crippen LogP contribution is 1.96. The number of carbonyl (C=O) groups is 2. The molecule has 0 radical (unpaired) electrons. The van der Waals surface area contributed by atoms with Gasteiger partial charge in [-0.2, -0.15) is 0 Å². The van der Waals surface area contributed by atoms with Gasteiger partial charge in [-0.05, 0) is 19.1 Å². The van der Waals surface area contributed by atoms with Gasteiger partial charge < -0.3 is 10.4 Å². The summed E-state index contributed by atoms with van der Waals surface area (Å²) in [5, 5.41) is 10.9. The molecule has 0 aromatic carbocycles. The smallest absolute Gasteiger partial charge is 0.325 e. The van der Waals surface area contributed by atoms with Gasteiger partial charge in [0.1, 0.15) is 6.04 Å². The van der Waals surface area contributed by atoms with E-state index in [0.29, 0.717) is 5.56 Å². The van der Waals surface area contributed by atoms with E-state index in [2.05, 4.69) is 10.3 Å². The average Bonchev–Trinajstić information content (AvgIpc) is 2.19. The van der Waals surface area contributed by atoms with Crippen LogP contribution in [-0.2, 0) is 4.79 Å².